The smallest absolute Gasteiger partial charge is 0.269 e. The van der Waals surface area contributed by atoms with Crippen LogP contribution in [0.3, 0.4) is 0 Å². The number of rotatable bonds is 16. The number of nitro groups is 2. The van der Waals surface area contributed by atoms with Crippen molar-refractivity contribution in [2.24, 2.45) is 0 Å². The van der Waals surface area contributed by atoms with Crippen molar-refractivity contribution in [2.75, 3.05) is 36.0 Å². The highest BCUT2D eigenvalue weighted by Gasteiger charge is 2.10. The Hall–Kier alpha value is -7.26. The lowest BCUT2D eigenvalue weighted by atomic mass is 9.97. The minimum Gasteiger partial charge on any atom is -0.372 e. The van der Waals surface area contributed by atoms with E-state index in [0.29, 0.717) is 33.4 Å². The van der Waals surface area contributed by atoms with E-state index in [-0.39, 0.29) is 11.4 Å². The fraction of sp³-hybridized carbons (Fsp3) is 0.296. The lowest BCUT2D eigenvalue weighted by Gasteiger charge is -2.24. The summed E-state index contributed by atoms with van der Waals surface area (Å²) in [7, 11) is 0. The van der Waals surface area contributed by atoms with Crippen molar-refractivity contribution in [3.8, 4) is 47.4 Å². The van der Waals surface area contributed by atoms with E-state index in [4.69, 9.17) is 0 Å². The maximum absolute atomic E-state index is 11.3. The molecule has 5 aromatic carbocycles. The van der Waals surface area contributed by atoms with E-state index in [1.807, 2.05) is 12.1 Å². The molecule has 0 saturated carbocycles. The van der Waals surface area contributed by atoms with Crippen molar-refractivity contribution in [3.05, 3.63) is 174 Å². The monoisotopic (exact) mass is 822 g/mol. The number of hydrogen-bond donors (Lipinski definition) is 0. The van der Waals surface area contributed by atoms with E-state index in [1.54, 1.807) is 24.3 Å². The molecule has 0 aromatic heterocycles. The first-order valence-corrected chi connectivity index (χ1v) is 21.7. The molecule has 0 atom stereocenters. The second kappa shape index (κ2) is 24.1. The molecule has 0 bridgehead atoms. The Morgan fingerprint density at radius 1 is 0.387 bits per heavy atom. The van der Waals surface area contributed by atoms with Crippen LogP contribution in [0.2, 0.25) is 0 Å². The standard InChI is InChI=1S/C54H54N4O4/c1-5-9-37-55(38-10-6-2)51-29-17-43(18-30-51)13-25-47-41-48(26-14-44-19-31-52(32-20-44)56(39-11-7-3)40-12-8-4)50(28-16-46-23-35-54(36-24-46)58(61)62)42-49(47)27-15-45-21-33-53(34-22-45)57(59)60/h17-24,29-36,41-42H,5-12,37-40H2,1-4H3. The number of unbranched alkanes of at least 4 members (excludes halogenated alkanes) is 4. The van der Waals surface area contributed by atoms with Gasteiger partial charge in [-0.05, 0) is 111 Å². The lowest BCUT2D eigenvalue weighted by Crippen LogP contribution is -2.25. The van der Waals surface area contributed by atoms with Gasteiger partial charge in [-0.1, -0.05) is 101 Å². The first kappa shape index (κ1) is 45.8. The predicted octanol–water partition coefficient (Wildman–Crippen LogP) is 11.9. The van der Waals surface area contributed by atoms with Crippen LogP contribution in [0, 0.1) is 67.6 Å². The van der Waals surface area contributed by atoms with Gasteiger partial charge in [0, 0.05) is 106 Å². The highest BCUT2D eigenvalue weighted by molar-refractivity contribution is 5.65. The van der Waals surface area contributed by atoms with Crippen molar-refractivity contribution in [3.63, 3.8) is 0 Å². The topological polar surface area (TPSA) is 92.8 Å². The first-order valence-electron chi connectivity index (χ1n) is 21.7. The van der Waals surface area contributed by atoms with E-state index in [2.05, 4.69) is 133 Å². The van der Waals surface area contributed by atoms with Crippen LogP contribution in [0.25, 0.3) is 0 Å². The van der Waals surface area contributed by atoms with Crippen LogP contribution in [0.1, 0.15) is 124 Å². The molecule has 314 valence electrons. The molecule has 0 aliphatic heterocycles. The maximum Gasteiger partial charge on any atom is 0.269 e. The highest BCUT2D eigenvalue weighted by atomic mass is 16.6. The van der Waals surface area contributed by atoms with Gasteiger partial charge in [-0.15, -0.1) is 0 Å². The molecular formula is C54H54N4O4. The molecule has 0 spiro atoms. The second-order valence-electron chi connectivity index (χ2n) is 15.0. The Kier molecular flexibility index (Phi) is 17.8. The van der Waals surface area contributed by atoms with Gasteiger partial charge in [0.2, 0.25) is 0 Å². The SMILES string of the molecule is CCCCN(CCCC)c1ccc(C#Cc2cc(C#Cc3ccc(N(CCCC)CCCC)cc3)c(C#Cc3ccc([N+](=O)[O-])cc3)cc2C#Cc2ccc([N+](=O)[O-])cc2)cc1. The highest BCUT2D eigenvalue weighted by Crippen LogP contribution is 2.21. The van der Waals surface area contributed by atoms with Crippen LogP contribution in [0.4, 0.5) is 22.7 Å². The van der Waals surface area contributed by atoms with Crippen LogP contribution in [0.15, 0.2) is 109 Å². The van der Waals surface area contributed by atoms with Crippen molar-refractivity contribution >= 4 is 22.7 Å². The number of nitrogens with zero attached hydrogens (tertiary/aromatic N) is 4. The predicted molar refractivity (Wildman–Crippen MR) is 253 cm³/mol. The first-order chi connectivity index (χ1) is 30.2. The Labute approximate surface area is 367 Å². The van der Waals surface area contributed by atoms with E-state index < -0.39 is 9.85 Å². The fourth-order valence-electron chi connectivity index (χ4n) is 6.55. The summed E-state index contributed by atoms with van der Waals surface area (Å²) in [6.45, 7) is 12.9. The Bertz CT molecular complexity index is 2340. The largest absolute Gasteiger partial charge is 0.372 e. The van der Waals surface area contributed by atoms with Gasteiger partial charge in [-0.25, -0.2) is 0 Å². The average Bonchev–Trinajstić information content (AvgIpc) is 3.30. The van der Waals surface area contributed by atoms with Gasteiger partial charge < -0.3 is 9.80 Å². The second-order valence-corrected chi connectivity index (χ2v) is 15.0. The van der Waals surface area contributed by atoms with E-state index >= 15 is 0 Å². The minimum absolute atomic E-state index is 0.0151. The maximum atomic E-state index is 11.3. The van der Waals surface area contributed by atoms with Crippen LogP contribution >= 0.6 is 0 Å². The van der Waals surface area contributed by atoms with Gasteiger partial charge in [0.1, 0.15) is 0 Å². The molecule has 0 N–H and O–H groups in total. The Morgan fingerprint density at radius 2 is 0.629 bits per heavy atom. The van der Waals surface area contributed by atoms with Crippen LogP contribution in [0.5, 0.6) is 0 Å². The third kappa shape index (κ3) is 13.9. The summed E-state index contributed by atoms with van der Waals surface area (Å²) in [6.07, 6.45) is 9.09. The van der Waals surface area contributed by atoms with Gasteiger partial charge in [-0.3, -0.25) is 20.2 Å². The zero-order valence-corrected chi connectivity index (χ0v) is 36.3. The minimum atomic E-state index is -0.439. The summed E-state index contributed by atoms with van der Waals surface area (Å²) < 4.78 is 0. The van der Waals surface area contributed by atoms with Gasteiger partial charge in [0.05, 0.1) is 9.85 Å². The third-order valence-corrected chi connectivity index (χ3v) is 10.3. The molecule has 0 unspecified atom stereocenters. The van der Waals surface area contributed by atoms with Crippen LogP contribution in [-0.2, 0) is 0 Å². The molecule has 0 amide bonds. The lowest BCUT2D eigenvalue weighted by molar-refractivity contribution is -0.385. The zero-order chi connectivity index (χ0) is 44.1. The number of nitro benzene ring substituents is 2. The molecule has 0 aliphatic carbocycles. The quantitative estimate of drug-likeness (QED) is 0.0559. The van der Waals surface area contributed by atoms with Gasteiger partial charge in [0.25, 0.3) is 11.4 Å². The average molecular weight is 823 g/mol. The van der Waals surface area contributed by atoms with Crippen LogP contribution in [-0.4, -0.2) is 36.0 Å². The van der Waals surface area contributed by atoms with Gasteiger partial charge >= 0.3 is 0 Å². The van der Waals surface area contributed by atoms with Crippen molar-refractivity contribution in [1.82, 2.24) is 0 Å². The number of hydrogen-bond acceptors (Lipinski definition) is 6. The van der Waals surface area contributed by atoms with Crippen molar-refractivity contribution in [2.45, 2.75) is 79.1 Å². The van der Waals surface area contributed by atoms with Crippen molar-refractivity contribution in [1.29, 1.82) is 0 Å². The fourth-order valence-corrected chi connectivity index (χ4v) is 6.55. The molecule has 5 aromatic rings. The summed E-state index contributed by atoms with van der Waals surface area (Å²) in [6, 6.07) is 32.7. The molecule has 0 fully saturated rings. The third-order valence-electron chi connectivity index (χ3n) is 10.3. The van der Waals surface area contributed by atoms with Crippen LogP contribution < -0.4 is 9.80 Å². The summed E-state index contributed by atoms with van der Waals surface area (Å²) in [5.74, 6) is 26.3. The van der Waals surface area contributed by atoms with E-state index in [1.165, 1.54) is 35.6 Å². The zero-order valence-electron chi connectivity index (χ0n) is 36.3. The molecule has 0 heterocycles. The molecule has 8 heteroatoms. The summed E-state index contributed by atoms with van der Waals surface area (Å²) in [5, 5.41) is 22.6. The Balaban J connectivity index is 1.61. The van der Waals surface area contributed by atoms with Gasteiger partial charge in [-0.2, -0.15) is 0 Å². The van der Waals surface area contributed by atoms with E-state index in [0.717, 1.165) is 88.7 Å². The van der Waals surface area contributed by atoms with Crippen molar-refractivity contribution < 1.29 is 9.85 Å². The number of anilines is 2. The van der Waals surface area contributed by atoms with Gasteiger partial charge in [0.15, 0.2) is 0 Å². The molecule has 0 saturated heterocycles. The summed E-state index contributed by atoms with van der Waals surface area (Å²) in [4.78, 5) is 26.6. The van der Waals surface area contributed by atoms with E-state index in [9.17, 15) is 20.2 Å². The Morgan fingerprint density at radius 3 is 0.855 bits per heavy atom. The molecule has 62 heavy (non-hydrogen) atoms. The normalized spacial score (nSPS) is 10.1. The molecule has 0 aliphatic rings. The molecular weight excluding hydrogens is 769 g/mol. The molecule has 8 nitrogen and oxygen atoms in total. The molecule has 5 rings (SSSR count). The number of non-ortho nitro benzene ring substituents is 2. The summed E-state index contributed by atoms with van der Waals surface area (Å²) >= 11 is 0. The molecule has 0 radical (unpaired) electrons. The number of benzene rings is 5. The summed E-state index contributed by atoms with van der Waals surface area (Å²) in [5.41, 5.74) is 7.79.